The second-order valence-corrected chi connectivity index (χ2v) is 8.44. The standard InChI is InChI=1S/C20H25Cl2N3OS/c1-24(18-6-2-3-7-19(18)25-8-4-5-9-25)20(26)11-14-10-15(21)16(22)12-17(14)23-13-27/h10,12,18-19H,2-9,11H2,1H3/t18-,19-/m0/s1. The Morgan fingerprint density at radius 1 is 1.22 bits per heavy atom. The van der Waals surface area contributed by atoms with Crippen LogP contribution in [0.1, 0.15) is 44.1 Å². The van der Waals surface area contributed by atoms with E-state index in [4.69, 9.17) is 35.4 Å². The summed E-state index contributed by atoms with van der Waals surface area (Å²) in [6, 6.07) is 4.09. The molecule has 0 N–H and O–H groups in total. The molecule has 1 heterocycles. The topological polar surface area (TPSA) is 35.9 Å². The van der Waals surface area contributed by atoms with Gasteiger partial charge in [0.25, 0.3) is 0 Å². The van der Waals surface area contributed by atoms with E-state index in [1.54, 1.807) is 12.1 Å². The zero-order chi connectivity index (χ0) is 19.4. The lowest BCUT2D eigenvalue weighted by Crippen LogP contribution is -2.53. The second kappa shape index (κ2) is 9.49. The molecule has 1 aliphatic carbocycles. The van der Waals surface area contributed by atoms with Crippen LogP contribution in [-0.2, 0) is 11.2 Å². The third-order valence-corrected chi connectivity index (χ3v) is 6.64. The number of rotatable bonds is 5. The van der Waals surface area contributed by atoms with Crippen LogP contribution >= 0.6 is 35.4 Å². The van der Waals surface area contributed by atoms with E-state index in [0.717, 1.165) is 25.1 Å². The smallest absolute Gasteiger partial charge is 0.227 e. The third-order valence-electron chi connectivity index (χ3n) is 5.82. The van der Waals surface area contributed by atoms with Gasteiger partial charge in [0.15, 0.2) is 0 Å². The predicted molar refractivity (Wildman–Crippen MR) is 114 cm³/mol. The molecule has 1 saturated heterocycles. The summed E-state index contributed by atoms with van der Waals surface area (Å²) < 4.78 is 0. The summed E-state index contributed by atoms with van der Waals surface area (Å²) in [7, 11) is 1.93. The van der Waals surface area contributed by atoms with Crippen molar-refractivity contribution in [1.29, 1.82) is 0 Å². The van der Waals surface area contributed by atoms with Gasteiger partial charge in [-0.1, -0.05) is 36.0 Å². The van der Waals surface area contributed by atoms with Crippen molar-refractivity contribution in [3.05, 3.63) is 27.7 Å². The minimum absolute atomic E-state index is 0.0744. The van der Waals surface area contributed by atoms with E-state index in [0.29, 0.717) is 21.8 Å². The first kappa shape index (κ1) is 20.8. The van der Waals surface area contributed by atoms with Crippen molar-refractivity contribution < 1.29 is 4.79 Å². The highest BCUT2D eigenvalue weighted by Gasteiger charge is 2.35. The Kier molecular flexibility index (Phi) is 7.29. The molecular formula is C20H25Cl2N3OS. The molecule has 1 amide bonds. The Bertz CT molecular complexity index is 745. The van der Waals surface area contributed by atoms with Gasteiger partial charge in [-0.3, -0.25) is 9.69 Å². The number of thiocarbonyl (C=S) groups is 1. The number of halogens is 2. The van der Waals surface area contributed by atoms with Crippen LogP contribution in [0.2, 0.25) is 10.0 Å². The van der Waals surface area contributed by atoms with Crippen molar-refractivity contribution >= 4 is 52.2 Å². The molecule has 2 aliphatic rings. The van der Waals surface area contributed by atoms with E-state index in [-0.39, 0.29) is 18.4 Å². The highest BCUT2D eigenvalue weighted by molar-refractivity contribution is 7.78. The average Bonchev–Trinajstić information content (AvgIpc) is 3.20. The lowest BCUT2D eigenvalue weighted by Gasteiger charge is -2.42. The number of carbonyl (C=O) groups is 1. The monoisotopic (exact) mass is 425 g/mol. The summed E-state index contributed by atoms with van der Waals surface area (Å²) in [4.78, 5) is 21.6. The molecule has 27 heavy (non-hydrogen) atoms. The number of hydrogen-bond donors (Lipinski definition) is 0. The van der Waals surface area contributed by atoms with Gasteiger partial charge in [0.05, 0.1) is 27.3 Å². The Morgan fingerprint density at radius 2 is 1.89 bits per heavy atom. The molecule has 1 saturated carbocycles. The summed E-state index contributed by atoms with van der Waals surface area (Å²) in [6.45, 7) is 2.31. The first-order valence-corrected chi connectivity index (χ1v) is 10.7. The summed E-state index contributed by atoms with van der Waals surface area (Å²) in [5.74, 6) is 0.0744. The quantitative estimate of drug-likeness (QED) is 0.484. The first-order chi connectivity index (χ1) is 13.0. The van der Waals surface area contributed by atoms with Gasteiger partial charge in [0.2, 0.25) is 5.91 Å². The van der Waals surface area contributed by atoms with Crippen LogP contribution in [-0.4, -0.2) is 53.1 Å². The second-order valence-electron chi connectivity index (χ2n) is 7.44. The van der Waals surface area contributed by atoms with Crippen molar-refractivity contribution in [2.45, 2.75) is 57.0 Å². The van der Waals surface area contributed by atoms with E-state index < -0.39 is 0 Å². The molecule has 146 valence electrons. The van der Waals surface area contributed by atoms with Crippen LogP contribution in [0, 0.1) is 0 Å². The number of aliphatic imine (C=N–C) groups is 1. The van der Waals surface area contributed by atoms with Crippen LogP contribution in [0.5, 0.6) is 0 Å². The van der Waals surface area contributed by atoms with Crippen LogP contribution in [0.4, 0.5) is 5.69 Å². The predicted octanol–water partition coefficient (Wildman–Crippen LogP) is 5.14. The van der Waals surface area contributed by atoms with Gasteiger partial charge >= 0.3 is 0 Å². The largest absolute Gasteiger partial charge is 0.341 e. The Balaban J connectivity index is 1.76. The van der Waals surface area contributed by atoms with Crippen LogP contribution < -0.4 is 0 Å². The molecule has 0 bridgehead atoms. The maximum atomic E-state index is 13.1. The molecule has 0 spiro atoms. The zero-order valence-electron chi connectivity index (χ0n) is 15.6. The lowest BCUT2D eigenvalue weighted by molar-refractivity contribution is -0.133. The average molecular weight is 426 g/mol. The minimum Gasteiger partial charge on any atom is -0.341 e. The van der Waals surface area contributed by atoms with Crippen LogP contribution in [0.15, 0.2) is 17.1 Å². The van der Waals surface area contributed by atoms with E-state index in [2.05, 4.69) is 15.1 Å². The maximum Gasteiger partial charge on any atom is 0.227 e. The molecule has 1 aliphatic heterocycles. The molecular weight excluding hydrogens is 401 g/mol. The normalized spacial score (nSPS) is 23.1. The molecule has 0 aromatic heterocycles. The lowest BCUT2D eigenvalue weighted by atomic mass is 9.88. The van der Waals surface area contributed by atoms with E-state index in [1.165, 1.54) is 32.1 Å². The van der Waals surface area contributed by atoms with Gasteiger partial charge < -0.3 is 4.90 Å². The van der Waals surface area contributed by atoms with Gasteiger partial charge in [0, 0.05) is 19.1 Å². The number of amides is 1. The zero-order valence-corrected chi connectivity index (χ0v) is 17.9. The molecule has 4 nitrogen and oxygen atoms in total. The summed E-state index contributed by atoms with van der Waals surface area (Å²) in [5, 5.41) is 3.17. The van der Waals surface area contributed by atoms with Gasteiger partial charge in [-0.15, -0.1) is 0 Å². The maximum absolute atomic E-state index is 13.1. The van der Waals surface area contributed by atoms with Crippen molar-refractivity contribution in [1.82, 2.24) is 9.80 Å². The summed E-state index contributed by atoms with van der Waals surface area (Å²) in [5.41, 5.74) is 1.29. The number of hydrogen-bond acceptors (Lipinski definition) is 4. The van der Waals surface area contributed by atoms with E-state index in [9.17, 15) is 4.79 Å². The molecule has 1 aromatic rings. The fourth-order valence-corrected chi connectivity index (χ4v) is 4.83. The Morgan fingerprint density at radius 3 is 2.59 bits per heavy atom. The number of isothiocyanates is 1. The molecule has 3 rings (SSSR count). The minimum atomic E-state index is 0.0744. The molecule has 7 heteroatoms. The highest BCUT2D eigenvalue weighted by Crippen LogP contribution is 2.33. The van der Waals surface area contributed by atoms with Crippen molar-refractivity contribution in [3.8, 4) is 0 Å². The van der Waals surface area contributed by atoms with Gasteiger partial charge in [0.1, 0.15) is 0 Å². The Labute approximate surface area is 176 Å². The van der Waals surface area contributed by atoms with Crippen LogP contribution in [0.3, 0.4) is 0 Å². The molecule has 1 aromatic carbocycles. The number of likely N-dealkylation sites (tertiary alicyclic amines) is 1. The number of nitrogens with zero attached hydrogens (tertiary/aromatic N) is 3. The number of benzene rings is 1. The molecule has 0 radical (unpaired) electrons. The number of carbonyl (C=O) groups excluding carboxylic acids is 1. The van der Waals surface area contributed by atoms with E-state index in [1.807, 2.05) is 11.9 Å². The van der Waals surface area contributed by atoms with E-state index >= 15 is 0 Å². The summed E-state index contributed by atoms with van der Waals surface area (Å²) in [6.07, 6.45) is 7.43. The summed E-state index contributed by atoms with van der Waals surface area (Å²) >= 11 is 17.0. The SMILES string of the molecule is CN(C(=O)Cc1cc(Cl)c(Cl)cc1N=C=S)[C@H]1CCCC[C@@H]1N1CCCC1. The fourth-order valence-electron chi connectivity index (χ4n) is 4.39. The van der Waals surface area contributed by atoms with Gasteiger partial charge in [-0.2, -0.15) is 4.99 Å². The number of likely N-dealkylation sites (N-methyl/N-ethyl adjacent to an activating group) is 1. The fraction of sp³-hybridized carbons (Fsp3) is 0.600. The molecule has 0 unspecified atom stereocenters. The van der Waals surface area contributed by atoms with Crippen molar-refractivity contribution in [2.24, 2.45) is 4.99 Å². The van der Waals surface area contributed by atoms with Gasteiger partial charge in [-0.25, -0.2) is 0 Å². The van der Waals surface area contributed by atoms with Crippen molar-refractivity contribution in [3.63, 3.8) is 0 Å². The third kappa shape index (κ3) is 4.90. The molecule has 2 fully saturated rings. The first-order valence-electron chi connectivity index (χ1n) is 9.56. The van der Waals surface area contributed by atoms with Gasteiger partial charge in [-0.05, 0) is 68.7 Å². The Hall–Kier alpha value is -0.970. The molecule has 2 atom stereocenters. The van der Waals surface area contributed by atoms with Crippen molar-refractivity contribution in [2.75, 3.05) is 20.1 Å². The van der Waals surface area contributed by atoms with Crippen LogP contribution in [0.25, 0.3) is 0 Å². The highest BCUT2D eigenvalue weighted by atomic mass is 35.5.